The number of fused-ring (bicyclic) bond motifs is 1. The summed E-state index contributed by atoms with van der Waals surface area (Å²) >= 11 is 0. The summed E-state index contributed by atoms with van der Waals surface area (Å²) in [4.78, 5) is 10.6. The van der Waals surface area contributed by atoms with Crippen molar-refractivity contribution < 1.29 is 4.92 Å². The molecule has 0 unspecified atom stereocenters. The van der Waals surface area contributed by atoms with Crippen LogP contribution in [0.2, 0.25) is 0 Å². The second-order valence-corrected chi connectivity index (χ2v) is 5.80. The third-order valence-electron chi connectivity index (χ3n) is 4.07. The van der Waals surface area contributed by atoms with Gasteiger partial charge in [0.15, 0.2) is 11.5 Å². The normalized spacial score (nSPS) is 15.8. The van der Waals surface area contributed by atoms with Crippen LogP contribution in [0.3, 0.4) is 0 Å². The van der Waals surface area contributed by atoms with Crippen molar-refractivity contribution >= 4 is 11.7 Å². The quantitative estimate of drug-likeness (QED) is 0.576. The van der Waals surface area contributed by atoms with Crippen LogP contribution in [-0.4, -0.2) is 24.7 Å². The van der Waals surface area contributed by atoms with Crippen molar-refractivity contribution in [2.75, 3.05) is 0 Å². The topological polar surface area (TPSA) is 112 Å². The van der Waals surface area contributed by atoms with E-state index in [9.17, 15) is 10.1 Å². The van der Waals surface area contributed by atoms with Crippen LogP contribution in [-0.2, 0) is 0 Å². The van der Waals surface area contributed by atoms with Crippen molar-refractivity contribution in [2.24, 2.45) is 5.73 Å². The van der Waals surface area contributed by atoms with Gasteiger partial charge in [-0.05, 0) is 29.9 Å². The Morgan fingerprint density at radius 3 is 2.69 bits per heavy atom. The average molecular weight is 346 g/mol. The molecule has 1 aliphatic carbocycles. The maximum absolute atomic E-state index is 11.1. The molecule has 8 nitrogen and oxygen atoms in total. The predicted octanol–water partition coefficient (Wildman–Crippen LogP) is 2.58. The maximum atomic E-state index is 11.1. The summed E-state index contributed by atoms with van der Waals surface area (Å²) in [7, 11) is 0. The molecule has 2 heterocycles. The van der Waals surface area contributed by atoms with Crippen molar-refractivity contribution in [1.82, 2.24) is 19.8 Å². The Bertz CT molecular complexity index is 1100. The number of rotatable bonds is 3. The smallest absolute Gasteiger partial charge is 0.273 e. The molecule has 4 rings (SSSR count). The Morgan fingerprint density at radius 2 is 1.92 bits per heavy atom. The molecule has 2 aromatic heterocycles. The van der Waals surface area contributed by atoms with E-state index in [-0.39, 0.29) is 17.8 Å². The zero-order valence-electron chi connectivity index (χ0n) is 13.6. The number of benzene rings is 1. The first-order chi connectivity index (χ1) is 12.6. The van der Waals surface area contributed by atoms with Crippen LogP contribution < -0.4 is 5.73 Å². The largest absolute Gasteiger partial charge is 0.393 e. The van der Waals surface area contributed by atoms with Crippen molar-refractivity contribution in [3.05, 3.63) is 87.5 Å². The lowest BCUT2D eigenvalue weighted by Crippen LogP contribution is -2.11. The van der Waals surface area contributed by atoms with E-state index in [1.54, 1.807) is 16.7 Å². The van der Waals surface area contributed by atoms with E-state index >= 15 is 0 Å². The monoisotopic (exact) mass is 346 g/mol. The SMILES string of the molecule is NC1=C([N+](=O)[O-])CC(=Cc2nnc3ccc(-c4ccccc4)nn23)C=C1. The summed E-state index contributed by atoms with van der Waals surface area (Å²) in [5.41, 5.74) is 8.89. The fraction of sp³-hybridized carbons (Fsp3) is 0.0556. The maximum Gasteiger partial charge on any atom is 0.273 e. The van der Waals surface area contributed by atoms with Gasteiger partial charge in [-0.25, -0.2) is 0 Å². The van der Waals surface area contributed by atoms with E-state index in [1.165, 1.54) is 6.08 Å². The predicted molar refractivity (Wildman–Crippen MR) is 96.2 cm³/mol. The number of aromatic nitrogens is 4. The van der Waals surface area contributed by atoms with Crippen molar-refractivity contribution in [3.8, 4) is 11.3 Å². The highest BCUT2D eigenvalue weighted by atomic mass is 16.6. The van der Waals surface area contributed by atoms with Gasteiger partial charge in [0, 0.05) is 5.56 Å². The third kappa shape index (κ3) is 2.84. The Hall–Kier alpha value is -3.81. The second kappa shape index (κ2) is 6.25. The van der Waals surface area contributed by atoms with Gasteiger partial charge < -0.3 is 5.73 Å². The lowest BCUT2D eigenvalue weighted by Gasteiger charge is -2.08. The minimum Gasteiger partial charge on any atom is -0.393 e. The number of hydrogen-bond donors (Lipinski definition) is 1. The second-order valence-electron chi connectivity index (χ2n) is 5.80. The van der Waals surface area contributed by atoms with Gasteiger partial charge in [0.05, 0.1) is 17.0 Å². The van der Waals surface area contributed by atoms with Crippen LogP contribution in [0.4, 0.5) is 0 Å². The molecule has 0 fully saturated rings. The minimum absolute atomic E-state index is 0.0227. The lowest BCUT2D eigenvalue weighted by atomic mass is 10.0. The molecule has 0 bridgehead atoms. The van der Waals surface area contributed by atoms with E-state index in [4.69, 9.17) is 5.73 Å². The van der Waals surface area contributed by atoms with Crippen LogP contribution in [0.1, 0.15) is 12.2 Å². The molecule has 26 heavy (non-hydrogen) atoms. The fourth-order valence-electron chi connectivity index (χ4n) is 2.74. The van der Waals surface area contributed by atoms with Crippen molar-refractivity contribution in [1.29, 1.82) is 0 Å². The van der Waals surface area contributed by atoms with Crippen LogP contribution in [0.15, 0.2) is 71.6 Å². The molecule has 1 aromatic carbocycles. The molecular weight excluding hydrogens is 332 g/mol. The molecule has 0 radical (unpaired) electrons. The summed E-state index contributed by atoms with van der Waals surface area (Å²) in [5.74, 6) is 0.501. The van der Waals surface area contributed by atoms with Crippen LogP contribution >= 0.6 is 0 Å². The summed E-state index contributed by atoms with van der Waals surface area (Å²) < 4.78 is 1.62. The van der Waals surface area contributed by atoms with Gasteiger partial charge in [-0.3, -0.25) is 10.1 Å². The Morgan fingerprint density at radius 1 is 1.12 bits per heavy atom. The van der Waals surface area contributed by atoms with E-state index in [2.05, 4.69) is 15.3 Å². The third-order valence-corrected chi connectivity index (χ3v) is 4.07. The molecule has 128 valence electrons. The summed E-state index contributed by atoms with van der Waals surface area (Å²) in [6, 6.07) is 13.5. The Balaban J connectivity index is 1.74. The number of allylic oxidation sites excluding steroid dienone is 3. The Labute approximate surface area is 148 Å². The molecule has 0 saturated heterocycles. The zero-order chi connectivity index (χ0) is 18.1. The standard InChI is InChI=1S/C18H14N6O2/c19-14-7-6-12(10-16(14)24(25)26)11-18-21-20-17-9-8-15(22-23(17)18)13-4-2-1-3-5-13/h1-9,11H,10,19H2. The molecule has 0 aliphatic heterocycles. The average Bonchev–Trinajstić information content (AvgIpc) is 3.06. The van der Waals surface area contributed by atoms with Gasteiger partial charge in [0.2, 0.25) is 0 Å². The molecule has 0 atom stereocenters. The molecule has 1 aliphatic rings. The minimum atomic E-state index is -0.458. The van der Waals surface area contributed by atoms with Gasteiger partial charge in [0.1, 0.15) is 5.70 Å². The molecule has 0 saturated carbocycles. The summed E-state index contributed by atoms with van der Waals surface area (Å²) in [6.45, 7) is 0. The van der Waals surface area contributed by atoms with E-state index in [0.717, 1.165) is 11.3 Å². The number of nitro groups is 1. The Kier molecular flexibility index (Phi) is 3.77. The first-order valence-electron chi connectivity index (χ1n) is 7.91. The highest BCUT2D eigenvalue weighted by Crippen LogP contribution is 2.23. The van der Waals surface area contributed by atoms with E-state index < -0.39 is 4.92 Å². The van der Waals surface area contributed by atoms with Gasteiger partial charge in [-0.1, -0.05) is 36.4 Å². The number of nitrogens with two attached hydrogens (primary N) is 1. The van der Waals surface area contributed by atoms with Gasteiger partial charge >= 0.3 is 0 Å². The number of nitrogens with zero attached hydrogens (tertiary/aromatic N) is 5. The molecule has 3 aromatic rings. The summed E-state index contributed by atoms with van der Waals surface area (Å²) in [6.07, 6.45) is 5.13. The molecule has 2 N–H and O–H groups in total. The van der Waals surface area contributed by atoms with E-state index in [1.807, 2.05) is 42.5 Å². The highest BCUT2D eigenvalue weighted by molar-refractivity contribution is 5.61. The fourth-order valence-corrected chi connectivity index (χ4v) is 2.74. The number of hydrogen-bond acceptors (Lipinski definition) is 6. The van der Waals surface area contributed by atoms with Gasteiger partial charge in [0.25, 0.3) is 5.70 Å². The zero-order valence-corrected chi connectivity index (χ0v) is 13.6. The highest BCUT2D eigenvalue weighted by Gasteiger charge is 2.20. The molecule has 8 heteroatoms. The van der Waals surface area contributed by atoms with Crippen LogP contribution in [0, 0.1) is 10.1 Å². The lowest BCUT2D eigenvalue weighted by molar-refractivity contribution is -0.428. The first kappa shape index (κ1) is 15.7. The summed E-state index contributed by atoms with van der Waals surface area (Å²) in [5, 5.41) is 23.9. The van der Waals surface area contributed by atoms with Gasteiger partial charge in [-0.15, -0.1) is 10.2 Å². The van der Waals surface area contributed by atoms with Crippen LogP contribution in [0.5, 0.6) is 0 Å². The van der Waals surface area contributed by atoms with Crippen molar-refractivity contribution in [3.63, 3.8) is 0 Å². The van der Waals surface area contributed by atoms with Crippen molar-refractivity contribution in [2.45, 2.75) is 6.42 Å². The van der Waals surface area contributed by atoms with Crippen LogP contribution in [0.25, 0.3) is 23.0 Å². The first-order valence-corrected chi connectivity index (χ1v) is 7.91. The van der Waals surface area contributed by atoms with Gasteiger partial charge in [-0.2, -0.15) is 9.61 Å². The van der Waals surface area contributed by atoms with E-state index in [0.29, 0.717) is 17.0 Å². The molecule has 0 amide bonds. The molecular formula is C18H14N6O2. The molecule has 0 spiro atoms.